The zero-order valence-corrected chi connectivity index (χ0v) is 18.4. The number of rotatable bonds is 7. The van der Waals surface area contributed by atoms with Gasteiger partial charge in [-0.1, -0.05) is 29.4 Å². The third-order valence-corrected chi connectivity index (χ3v) is 6.53. The van der Waals surface area contributed by atoms with E-state index in [-0.39, 0.29) is 34.2 Å². The SMILES string of the molecule is O=C(CSc1ccc(N2CCC(C(=O)NC3CC3)CC2)nn1)Nc1cccc(Cl)c1F. The second kappa shape index (κ2) is 9.82. The minimum Gasteiger partial charge on any atom is -0.355 e. The van der Waals surface area contributed by atoms with E-state index in [4.69, 9.17) is 11.6 Å². The molecule has 7 nitrogen and oxygen atoms in total. The highest BCUT2D eigenvalue weighted by Crippen LogP contribution is 2.26. The van der Waals surface area contributed by atoms with Gasteiger partial charge in [0.15, 0.2) is 11.6 Å². The topological polar surface area (TPSA) is 87.2 Å². The van der Waals surface area contributed by atoms with Gasteiger partial charge in [-0.25, -0.2) is 4.39 Å². The quantitative estimate of drug-likeness (QED) is 0.611. The molecule has 4 rings (SSSR count). The molecule has 2 fully saturated rings. The maximum atomic E-state index is 13.9. The number of hydrogen-bond donors (Lipinski definition) is 2. The molecule has 0 bridgehead atoms. The molecule has 2 aromatic rings. The van der Waals surface area contributed by atoms with Crippen LogP contribution in [0.15, 0.2) is 35.4 Å². The van der Waals surface area contributed by atoms with E-state index in [0.717, 1.165) is 44.6 Å². The summed E-state index contributed by atoms with van der Waals surface area (Å²) in [7, 11) is 0. The van der Waals surface area contributed by atoms with Crippen LogP contribution in [0.4, 0.5) is 15.9 Å². The standard InChI is InChI=1S/C21H23ClFN5O2S/c22-15-2-1-3-16(20(15)23)25-18(29)12-31-19-7-6-17(26-27-19)28-10-8-13(9-11-28)21(30)24-14-4-5-14/h1-3,6-7,13-14H,4-5,8-12H2,(H,24,30)(H,25,29). The van der Waals surface area contributed by atoms with Crippen molar-refractivity contribution in [2.75, 3.05) is 29.1 Å². The normalized spacial score (nSPS) is 16.8. The molecular weight excluding hydrogens is 441 g/mol. The molecule has 0 spiro atoms. The average Bonchev–Trinajstić information content (AvgIpc) is 3.60. The summed E-state index contributed by atoms with van der Waals surface area (Å²) in [6.07, 6.45) is 3.81. The average molecular weight is 464 g/mol. The Bertz CT molecular complexity index is 949. The Balaban J connectivity index is 1.23. The number of nitrogens with one attached hydrogen (secondary N) is 2. The van der Waals surface area contributed by atoms with Crippen LogP contribution < -0.4 is 15.5 Å². The number of thioether (sulfide) groups is 1. The van der Waals surface area contributed by atoms with Crippen molar-refractivity contribution in [1.82, 2.24) is 15.5 Å². The van der Waals surface area contributed by atoms with Crippen molar-refractivity contribution in [3.05, 3.63) is 41.2 Å². The van der Waals surface area contributed by atoms with E-state index >= 15 is 0 Å². The molecule has 10 heteroatoms. The van der Waals surface area contributed by atoms with E-state index in [1.54, 1.807) is 6.07 Å². The summed E-state index contributed by atoms with van der Waals surface area (Å²) in [5.41, 5.74) is 0.0498. The number of amides is 2. The number of nitrogens with zero attached hydrogens (tertiary/aromatic N) is 3. The molecule has 0 radical (unpaired) electrons. The molecule has 1 aromatic carbocycles. The second-order valence-corrected chi connectivity index (χ2v) is 9.12. The van der Waals surface area contributed by atoms with Crippen molar-refractivity contribution in [3.63, 3.8) is 0 Å². The molecule has 164 valence electrons. The Morgan fingerprint density at radius 2 is 1.90 bits per heavy atom. The molecule has 1 aliphatic carbocycles. The molecule has 2 heterocycles. The second-order valence-electron chi connectivity index (χ2n) is 7.71. The van der Waals surface area contributed by atoms with Crippen LogP contribution in [0, 0.1) is 11.7 Å². The largest absolute Gasteiger partial charge is 0.355 e. The Morgan fingerprint density at radius 3 is 2.58 bits per heavy atom. The van der Waals surface area contributed by atoms with Crippen molar-refractivity contribution >= 4 is 46.7 Å². The minimum absolute atomic E-state index is 0.0421. The molecule has 1 saturated heterocycles. The summed E-state index contributed by atoms with van der Waals surface area (Å²) in [6.45, 7) is 1.52. The number of anilines is 2. The number of halogens is 2. The fourth-order valence-electron chi connectivity index (χ4n) is 3.40. The van der Waals surface area contributed by atoms with Crippen LogP contribution >= 0.6 is 23.4 Å². The van der Waals surface area contributed by atoms with Gasteiger partial charge in [0, 0.05) is 25.0 Å². The number of aromatic nitrogens is 2. The lowest BCUT2D eigenvalue weighted by atomic mass is 9.96. The van der Waals surface area contributed by atoms with Crippen LogP contribution in [0.25, 0.3) is 0 Å². The Morgan fingerprint density at radius 1 is 1.13 bits per heavy atom. The zero-order valence-electron chi connectivity index (χ0n) is 16.8. The van der Waals surface area contributed by atoms with Gasteiger partial charge in [0.1, 0.15) is 5.03 Å². The minimum atomic E-state index is -0.652. The first-order valence-electron chi connectivity index (χ1n) is 10.3. The number of hydrogen-bond acceptors (Lipinski definition) is 6. The maximum Gasteiger partial charge on any atom is 0.234 e. The van der Waals surface area contributed by atoms with Gasteiger partial charge in [-0.05, 0) is 49.9 Å². The molecule has 1 aliphatic heterocycles. The lowest BCUT2D eigenvalue weighted by molar-refractivity contribution is -0.125. The summed E-state index contributed by atoms with van der Waals surface area (Å²) >= 11 is 6.94. The van der Waals surface area contributed by atoms with Gasteiger partial charge in [-0.3, -0.25) is 9.59 Å². The first-order valence-corrected chi connectivity index (χ1v) is 11.6. The number of benzene rings is 1. The molecular formula is C21H23ClFN5O2S. The van der Waals surface area contributed by atoms with E-state index < -0.39 is 5.82 Å². The lowest BCUT2D eigenvalue weighted by Crippen LogP contribution is -2.41. The van der Waals surface area contributed by atoms with Crippen molar-refractivity contribution in [1.29, 1.82) is 0 Å². The molecule has 31 heavy (non-hydrogen) atoms. The van der Waals surface area contributed by atoms with Crippen LogP contribution in [0.5, 0.6) is 0 Å². The highest BCUT2D eigenvalue weighted by molar-refractivity contribution is 7.99. The fraction of sp³-hybridized carbons (Fsp3) is 0.429. The van der Waals surface area contributed by atoms with E-state index in [2.05, 4.69) is 25.7 Å². The number of piperidine rings is 1. The first kappa shape index (κ1) is 21.8. The van der Waals surface area contributed by atoms with Crippen LogP contribution in [0.3, 0.4) is 0 Å². The molecule has 0 atom stereocenters. The van der Waals surface area contributed by atoms with Gasteiger partial charge in [0.2, 0.25) is 11.8 Å². The van der Waals surface area contributed by atoms with E-state index in [1.807, 2.05) is 12.1 Å². The van der Waals surface area contributed by atoms with Crippen molar-refractivity contribution in [3.8, 4) is 0 Å². The van der Waals surface area contributed by atoms with Gasteiger partial charge in [0.05, 0.1) is 16.5 Å². The number of carbonyl (C=O) groups excluding carboxylic acids is 2. The van der Waals surface area contributed by atoms with Gasteiger partial charge in [-0.15, -0.1) is 10.2 Å². The van der Waals surface area contributed by atoms with Crippen molar-refractivity contribution in [2.45, 2.75) is 36.8 Å². The van der Waals surface area contributed by atoms with Crippen LogP contribution in [0.2, 0.25) is 5.02 Å². The summed E-state index contributed by atoms with van der Waals surface area (Å²) in [5.74, 6) is 0.0693. The molecule has 2 amide bonds. The molecule has 0 unspecified atom stereocenters. The lowest BCUT2D eigenvalue weighted by Gasteiger charge is -2.31. The molecule has 1 aromatic heterocycles. The Hall–Kier alpha value is -2.39. The monoisotopic (exact) mass is 463 g/mol. The van der Waals surface area contributed by atoms with E-state index in [9.17, 15) is 14.0 Å². The predicted molar refractivity (Wildman–Crippen MR) is 119 cm³/mol. The molecule has 2 aliphatic rings. The number of carbonyl (C=O) groups is 2. The highest BCUT2D eigenvalue weighted by Gasteiger charge is 2.30. The third kappa shape index (κ3) is 5.86. The summed E-state index contributed by atoms with van der Waals surface area (Å²) < 4.78 is 13.9. The van der Waals surface area contributed by atoms with Gasteiger partial charge in [0.25, 0.3) is 0 Å². The Kier molecular flexibility index (Phi) is 6.92. The fourth-order valence-corrected chi connectivity index (χ4v) is 4.19. The summed E-state index contributed by atoms with van der Waals surface area (Å²) in [5, 5.41) is 14.6. The zero-order chi connectivity index (χ0) is 21.8. The summed E-state index contributed by atoms with van der Waals surface area (Å²) in [6, 6.07) is 8.52. The van der Waals surface area contributed by atoms with Crippen molar-refractivity contribution in [2.24, 2.45) is 5.92 Å². The van der Waals surface area contributed by atoms with Crippen LogP contribution in [-0.4, -0.2) is 46.9 Å². The van der Waals surface area contributed by atoms with E-state index in [1.165, 1.54) is 23.9 Å². The highest BCUT2D eigenvalue weighted by atomic mass is 35.5. The smallest absolute Gasteiger partial charge is 0.234 e. The van der Waals surface area contributed by atoms with Crippen LogP contribution in [-0.2, 0) is 9.59 Å². The maximum absolute atomic E-state index is 13.9. The van der Waals surface area contributed by atoms with Crippen LogP contribution in [0.1, 0.15) is 25.7 Å². The first-order chi connectivity index (χ1) is 15.0. The van der Waals surface area contributed by atoms with Gasteiger partial charge in [-0.2, -0.15) is 0 Å². The van der Waals surface area contributed by atoms with Gasteiger partial charge >= 0.3 is 0 Å². The Labute approximate surface area is 189 Å². The predicted octanol–water partition coefficient (Wildman–Crippen LogP) is 3.49. The van der Waals surface area contributed by atoms with Crippen molar-refractivity contribution < 1.29 is 14.0 Å². The third-order valence-electron chi connectivity index (χ3n) is 5.32. The van der Waals surface area contributed by atoms with Gasteiger partial charge < -0.3 is 15.5 Å². The summed E-state index contributed by atoms with van der Waals surface area (Å²) in [4.78, 5) is 26.4. The molecule has 2 N–H and O–H groups in total. The molecule has 1 saturated carbocycles. The van der Waals surface area contributed by atoms with E-state index in [0.29, 0.717) is 11.1 Å².